The Hall–Kier alpha value is -4.64. The van der Waals surface area contributed by atoms with Crippen LogP contribution in [0.15, 0.2) is 48.7 Å². The Balaban J connectivity index is 2.04. The van der Waals surface area contributed by atoms with E-state index in [9.17, 15) is 10.2 Å². The van der Waals surface area contributed by atoms with Gasteiger partial charge in [-0.2, -0.15) is 4.98 Å². The van der Waals surface area contributed by atoms with Gasteiger partial charge >= 0.3 is 0 Å². The van der Waals surface area contributed by atoms with Crippen LogP contribution in [0.4, 0.5) is 11.8 Å². The first-order valence-electron chi connectivity index (χ1n) is 9.99. The van der Waals surface area contributed by atoms with Crippen LogP contribution in [0, 0.1) is 11.8 Å². The number of ether oxygens (including phenoxy) is 2. The van der Waals surface area contributed by atoms with Gasteiger partial charge in [0.15, 0.2) is 11.5 Å². The highest BCUT2D eigenvalue weighted by Gasteiger charge is 2.23. The number of aromatic hydroxyl groups is 2. The molecule has 0 spiro atoms. The summed E-state index contributed by atoms with van der Waals surface area (Å²) >= 11 is 0. The smallest absolute Gasteiger partial charge is 0.221 e. The molecule has 0 saturated carbocycles. The first-order valence-corrected chi connectivity index (χ1v) is 9.99. The van der Waals surface area contributed by atoms with Crippen molar-refractivity contribution in [2.75, 3.05) is 25.7 Å². The quantitative estimate of drug-likeness (QED) is 0.354. The van der Waals surface area contributed by atoms with Crippen LogP contribution in [-0.4, -0.2) is 34.4 Å². The number of hydrogen-bond acceptors (Lipinski definition) is 8. The minimum atomic E-state index is -0.173. The maximum Gasteiger partial charge on any atom is 0.221 e. The van der Waals surface area contributed by atoms with Gasteiger partial charge < -0.3 is 31.2 Å². The molecule has 0 radical (unpaired) electrons. The van der Waals surface area contributed by atoms with E-state index >= 15 is 0 Å². The Morgan fingerprint density at radius 3 is 2.33 bits per heavy atom. The van der Waals surface area contributed by atoms with Crippen molar-refractivity contribution >= 4 is 22.5 Å². The number of phenolic OH excluding ortho intramolecular Hbond substituents is 2. The van der Waals surface area contributed by atoms with Crippen LogP contribution in [-0.2, 0) is 6.42 Å². The predicted octanol–water partition coefficient (Wildman–Crippen LogP) is 3.21. The second-order valence-electron chi connectivity index (χ2n) is 7.25. The zero-order chi connectivity index (χ0) is 23.5. The summed E-state index contributed by atoms with van der Waals surface area (Å²) < 4.78 is 11.0. The number of hydrogen-bond donors (Lipinski definition) is 4. The lowest BCUT2D eigenvalue weighted by Gasteiger charge is -2.18. The average molecular weight is 442 g/mol. The lowest BCUT2D eigenvalue weighted by atomic mass is 9.93. The number of methoxy groups -OCH3 is 2. The molecule has 0 atom stereocenters. The Kier molecular flexibility index (Phi) is 5.79. The summed E-state index contributed by atoms with van der Waals surface area (Å²) in [4.78, 5) is 8.03. The van der Waals surface area contributed by atoms with Crippen molar-refractivity contribution in [3.63, 3.8) is 0 Å². The lowest BCUT2D eigenvalue weighted by molar-refractivity contribution is 0.335. The molecule has 0 fully saturated rings. The fourth-order valence-electron chi connectivity index (χ4n) is 3.70. The molecule has 1 aromatic heterocycles. The summed E-state index contributed by atoms with van der Waals surface area (Å²) in [6.45, 7) is 0. The van der Waals surface area contributed by atoms with Crippen molar-refractivity contribution in [3.8, 4) is 34.8 Å². The van der Waals surface area contributed by atoms with E-state index in [0.29, 0.717) is 27.5 Å². The van der Waals surface area contributed by atoms with Crippen molar-refractivity contribution < 1.29 is 19.7 Å². The number of phenols is 2. The van der Waals surface area contributed by atoms with Gasteiger partial charge in [0.1, 0.15) is 11.6 Å². The van der Waals surface area contributed by atoms with Crippen LogP contribution in [0.1, 0.15) is 22.3 Å². The largest absolute Gasteiger partial charge is 0.508 e. The molecule has 0 amide bonds. The summed E-state index contributed by atoms with van der Waals surface area (Å²) in [7, 11) is 2.90. The van der Waals surface area contributed by atoms with E-state index in [1.807, 2.05) is 30.3 Å². The standard InChI is InChI=1S/C25H22N4O4/c1-32-22-18(9-8-14-6-4-3-5-7-14)20-15(10-16-13-28-25(27)29-24(16)26)11-17(30)12-19(20)21(31)23(22)33-2/h3-7,11-13,30-31H,10H2,1-2H3,(H4,26,27,28,29). The van der Waals surface area contributed by atoms with E-state index in [1.54, 1.807) is 6.07 Å². The van der Waals surface area contributed by atoms with Crippen molar-refractivity contribution in [1.29, 1.82) is 0 Å². The highest BCUT2D eigenvalue weighted by molar-refractivity contribution is 6.01. The van der Waals surface area contributed by atoms with E-state index in [2.05, 4.69) is 21.8 Å². The van der Waals surface area contributed by atoms with E-state index < -0.39 is 0 Å². The van der Waals surface area contributed by atoms with Gasteiger partial charge in [-0.15, -0.1) is 0 Å². The number of nitrogens with two attached hydrogens (primary N) is 2. The molecule has 0 aliphatic rings. The molecule has 8 nitrogen and oxygen atoms in total. The summed E-state index contributed by atoms with van der Waals surface area (Å²) in [5, 5.41) is 22.3. The Bertz CT molecular complexity index is 1410. The molecule has 6 N–H and O–H groups in total. The number of aromatic nitrogens is 2. The van der Waals surface area contributed by atoms with E-state index in [-0.39, 0.29) is 41.2 Å². The molecule has 4 aromatic rings. The number of nitrogens with zero attached hydrogens (tertiary/aromatic N) is 2. The molecule has 8 heteroatoms. The molecule has 0 saturated heterocycles. The van der Waals surface area contributed by atoms with Crippen LogP contribution >= 0.6 is 0 Å². The molecule has 1 heterocycles. The highest BCUT2D eigenvalue weighted by atomic mass is 16.5. The van der Waals surface area contributed by atoms with Crippen LogP contribution in [0.5, 0.6) is 23.0 Å². The molecule has 3 aromatic carbocycles. The third-order valence-electron chi connectivity index (χ3n) is 5.17. The fraction of sp³-hybridized carbons (Fsp3) is 0.120. The van der Waals surface area contributed by atoms with Gasteiger partial charge in [0.25, 0.3) is 0 Å². The highest BCUT2D eigenvalue weighted by Crippen LogP contribution is 2.48. The second kappa shape index (κ2) is 8.85. The lowest BCUT2D eigenvalue weighted by Crippen LogP contribution is -2.05. The molecule has 0 aliphatic carbocycles. The van der Waals surface area contributed by atoms with E-state index in [0.717, 1.165) is 5.56 Å². The maximum atomic E-state index is 10.9. The number of anilines is 2. The van der Waals surface area contributed by atoms with Gasteiger partial charge in [-0.3, -0.25) is 0 Å². The van der Waals surface area contributed by atoms with Crippen molar-refractivity contribution in [2.45, 2.75) is 6.42 Å². The summed E-state index contributed by atoms with van der Waals surface area (Å²) in [5.41, 5.74) is 14.2. The average Bonchev–Trinajstić information content (AvgIpc) is 2.80. The number of nitrogen functional groups attached to an aromatic ring is 2. The molecular formula is C25H22N4O4. The monoisotopic (exact) mass is 442 g/mol. The summed E-state index contributed by atoms with van der Waals surface area (Å²) in [5.74, 6) is 6.76. The number of fused-ring (bicyclic) bond motifs is 1. The number of benzene rings is 3. The van der Waals surface area contributed by atoms with Crippen molar-refractivity contribution in [3.05, 3.63) is 70.9 Å². The Labute approximate surface area is 190 Å². The first-order chi connectivity index (χ1) is 15.9. The van der Waals surface area contributed by atoms with Crippen LogP contribution < -0.4 is 20.9 Å². The third kappa shape index (κ3) is 4.12. The van der Waals surface area contributed by atoms with Gasteiger partial charge in [0.2, 0.25) is 11.7 Å². The molecule has 166 valence electrons. The Morgan fingerprint density at radius 2 is 1.67 bits per heavy atom. The molecule has 0 aliphatic heterocycles. The SMILES string of the molecule is COc1c(OC)c(C#Cc2ccccc2)c2c(Cc3cnc(N)nc3N)cc(O)cc2c1O. The normalized spacial score (nSPS) is 10.5. The van der Waals surface area contributed by atoms with Crippen LogP contribution in [0.25, 0.3) is 10.8 Å². The molecule has 0 bridgehead atoms. The summed E-state index contributed by atoms with van der Waals surface area (Å²) in [6, 6.07) is 12.5. The third-order valence-corrected chi connectivity index (χ3v) is 5.17. The fourth-order valence-corrected chi connectivity index (χ4v) is 3.70. The molecule has 4 rings (SSSR count). The van der Waals surface area contributed by atoms with Gasteiger partial charge in [0, 0.05) is 34.5 Å². The maximum absolute atomic E-state index is 10.9. The number of rotatable bonds is 4. The second-order valence-corrected chi connectivity index (χ2v) is 7.25. The minimum Gasteiger partial charge on any atom is -0.508 e. The van der Waals surface area contributed by atoms with Gasteiger partial charge in [-0.1, -0.05) is 30.0 Å². The van der Waals surface area contributed by atoms with E-state index in [1.165, 1.54) is 26.5 Å². The van der Waals surface area contributed by atoms with Crippen LogP contribution in [0.2, 0.25) is 0 Å². The molecule has 0 unspecified atom stereocenters. The van der Waals surface area contributed by atoms with Gasteiger partial charge in [-0.25, -0.2) is 4.98 Å². The minimum absolute atomic E-state index is 0.0445. The van der Waals surface area contributed by atoms with Crippen LogP contribution in [0.3, 0.4) is 0 Å². The topological polar surface area (TPSA) is 137 Å². The summed E-state index contributed by atoms with van der Waals surface area (Å²) in [6.07, 6.45) is 1.79. The first kappa shape index (κ1) is 21.6. The van der Waals surface area contributed by atoms with Gasteiger partial charge in [0.05, 0.1) is 19.8 Å². The van der Waals surface area contributed by atoms with E-state index in [4.69, 9.17) is 20.9 Å². The molecule has 33 heavy (non-hydrogen) atoms. The van der Waals surface area contributed by atoms with Crippen molar-refractivity contribution in [2.24, 2.45) is 0 Å². The zero-order valence-electron chi connectivity index (χ0n) is 18.1. The molecular weight excluding hydrogens is 420 g/mol. The Morgan fingerprint density at radius 1 is 0.939 bits per heavy atom. The van der Waals surface area contributed by atoms with Crippen molar-refractivity contribution in [1.82, 2.24) is 9.97 Å². The zero-order valence-corrected chi connectivity index (χ0v) is 18.1. The van der Waals surface area contributed by atoms with Gasteiger partial charge in [-0.05, 0) is 29.8 Å². The predicted molar refractivity (Wildman–Crippen MR) is 126 cm³/mol.